The van der Waals surface area contributed by atoms with E-state index in [9.17, 15) is 9.59 Å². The molecule has 28 heavy (non-hydrogen) atoms. The molecule has 0 unspecified atom stereocenters. The van der Waals surface area contributed by atoms with Gasteiger partial charge in [-0.15, -0.1) is 0 Å². The third kappa shape index (κ3) is 5.88. The molecule has 1 aromatic rings. The van der Waals surface area contributed by atoms with Crippen molar-refractivity contribution in [3.8, 4) is 0 Å². The summed E-state index contributed by atoms with van der Waals surface area (Å²) in [6.45, 7) is 6.94. The highest BCUT2D eigenvalue weighted by Crippen LogP contribution is 2.32. The van der Waals surface area contributed by atoms with Crippen molar-refractivity contribution in [2.45, 2.75) is 13.3 Å². The normalized spacial score (nSPS) is 19.5. The molecule has 0 atom stereocenters. The third-order valence-corrected chi connectivity index (χ3v) is 6.01. The Bertz CT molecular complexity index is 758. The van der Waals surface area contributed by atoms with E-state index in [1.807, 2.05) is 37.3 Å². The Kier molecular flexibility index (Phi) is 7.61. The minimum atomic E-state index is -0.209. The number of morpholine rings is 1. The topological polar surface area (TPSA) is 61.9 Å². The number of carbonyl (C=O) groups excluding carboxylic acids is 2. The van der Waals surface area contributed by atoms with Crippen LogP contribution in [0, 0.1) is 6.92 Å². The molecule has 0 aromatic heterocycles. The zero-order valence-corrected chi connectivity index (χ0v) is 17.6. The van der Waals surface area contributed by atoms with Crippen LogP contribution < -0.4 is 5.32 Å². The van der Waals surface area contributed by atoms with Gasteiger partial charge in [0.15, 0.2) is 0 Å². The molecule has 1 aromatic carbocycles. The van der Waals surface area contributed by atoms with Crippen LogP contribution in [0.5, 0.6) is 0 Å². The molecule has 2 fully saturated rings. The van der Waals surface area contributed by atoms with E-state index in [0.29, 0.717) is 15.8 Å². The first-order chi connectivity index (χ1) is 13.5. The molecule has 8 heteroatoms. The zero-order chi connectivity index (χ0) is 19.9. The van der Waals surface area contributed by atoms with Gasteiger partial charge < -0.3 is 10.1 Å². The number of rotatable bonds is 7. The molecular weight excluding hydrogens is 394 g/mol. The average molecular weight is 420 g/mol. The van der Waals surface area contributed by atoms with Crippen molar-refractivity contribution >= 4 is 46.2 Å². The first-order valence-electron chi connectivity index (χ1n) is 9.42. The molecule has 6 nitrogen and oxygen atoms in total. The summed E-state index contributed by atoms with van der Waals surface area (Å²) >= 11 is 6.54. The lowest BCUT2D eigenvalue weighted by molar-refractivity contribution is -0.128. The number of amides is 2. The quantitative estimate of drug-likeness (QED) is 0.415. The van der Waals surface area contributed by atoms with Crippen LogP contribution in [0.3, 0.4) is 0 Å². The van der Waals surface area contributed by atoms with Crippen molar-refractivity contribution in [2.24, 2.45) is 0 Å². The molecule has 0 bridgehead atoms. The lowest BCUT2D eigenvalue weighted by atomic mass is 10.1. The molecule has 0 spiro atoms. The number of benzene rings is 1. The first kappa shape index (κ1) is 21.0. The van der Waals surface area contributed by atoms with E-state index < -0.39 is 0 Å². The summed E-state index contributed by atoms with van der Waals surface area (Å²) in [5.74, 6) is -0.395. The Morgan fingerprint density at radius 1 is 1.29 bits per heavy atom. The van der Waals surface area contributed by atoms with Gasteiger partial charge in [-0.05, 0) is 31.5 Å². The Morgan fingerprint density at radius 3 is 2.71 bits per heavy atom. The standard InChI is InChI=1S/C20H25N3O3S2/c1-15-3-5-16(6-4-15)13-17-19(25)23(20(27)28-17)14-18(24)21-7-2-8-22-9-11-26-12-10-22/h3-6,13H,2,7-12,14H2,1H3,(H,21,24). The number of thioether (sulfide) groups is 1. The number of aryl methyl sites for hydroxylation is 1. The highest BCUT2D eigenvalue weighted by Gasteiger charge is 2.33. The number of thiocarbonyl (C=S) groups is 1. The lowest BCUT2D eigenvalue weighted by Gasteiger charge is -2.26. The largest absolute Gasteiger partial charge is 0.379 e. The van der Waals surface area contributed by atoms with Crippen LogP contribution in [-0.4, -0.2) is 71.9 Å². The number of hydrogen-bond acceptors (Lipinski definition) is 6. The van der Waals surface area contributed by atoms with E-state index >= 15 is 0 Å². The monoisotopic (exact) mass is 419 g/mol. The zero-order valence-electron chi connectivity index (χ0n) is 16.0. The molecule has 2 aliphatic heterocycles. The molecule has 150 valence electrons. The predicted molar refractivity (Wildman–Crippen MR) is 116 cm³/mol. The van der Waals surface area contributed by atoms with E-state index in [-0.39, 0.29) is 18.4 Å². The lowest BCUT2D eigenvalue weighted by Crippen LogP contribution is -2.41. The molecule has 3 rings (SSSR count). The maximum absolute atomic E-state index is 12.6. The molecular formula is C20H25N3O3S2. The average Bonchev–Trinajstić information content (AvgIpc) is 2.95. The smallest absolute Gasteiger partial charge is 0.266 e. The van der Waals surface area contributed by atoms with E-state index in [4.69, 9.17) is 17.0 Å². The summed E-state index contributed by atoms with van der Waals surface area (Å²) in [7, 11) is 0. The second kappa shape index (κ2) is 10.2. The molecule has 2 saturated heterocycles. The second-order valence-corrected chi connectivity index (χ2v) is 8.51. The minimum absolute atomic E-state index is 0.0343. The van der Waals surface area contributed by atoms with Gasteiger partial charge in [-0.3, -0.25) is 19.4 Å². The van der Waals surface area contributed by atoms with Crippen LogP contribution in [0.4, 0.5) is 0 Å². The molecule has 2 heterocycles. The van der Waals surface area contributed by atoms with Gasteiger partial charge in [-0.25, -0.2) is 0 Å². The van der Waals surface area contributed by atoms with E-state index in [2.05, 4.69) is 10.2 Å². The fourth-order valence-corrected chi connectivity index (χ4v) is 4.26. The van der Waals surface area contributed by atoms with Gasteiger partial charge in [-0.2, -0.15) is 0 Å². The molecule has 2 amide bonds. The summed E-state index contributed by atoms with van der Waals surface area (Å²) < 4.78 is 5.75. The highest BCUT2D eigenvalue weighted by molar-refractivity contribution is 8.26. The molecule has 1 N–H and O–H groups in total. The summed E-state index contributed by atoms with van der Waals surface area (Å²) in [5, 5.41) is 2.88. The van der Waals surface area contributed by atoms with Crippen LogP contribution >= 0.6 is 24.0 Å². The SMILES string of the molecule is Cc1ccc(C=C2SC(=S)N(CC(=O)NCCCN3CCOCC3)C2=O)cc1. The number of carbonyl (C=O) groups is 2. The maximum atomic E-state index is 12.6. The predicted octanol–water partition coefficient (Wildman–Crippen LogP) is 2.03. The van der Waals surface area contributed by atoms with Gasteiger partial charge in [0.05, 0.1) is 18.1 Å². The Labute approximate surface area is 175 Å². The van der Waals surface area contributed by atoms with Crippen LogP contribution in [-0.2, 0) is 14.3 Å². The molecule has 0 saturated carbocycles. The van der Waals surface area contributed by atoms with E-state index in [0.717, 1.165) is 50.4 Å². The number of ether oxygens (including phenoxy) is 1. The van der Waals surface area contributed by atoms with Gasteiger partial charge in [-0.1, -0.05) is 53.8 Å². The van der Waals surface area contributed by atoms with Gasteiger partial charge in [0.25, 0.3) is 5.91 Å². The molecule has 0 radical (unpaired) electrons. The number of hydrogen-bond donors (Lipinski definition) is 1. The summed E-state index contributed by atoms with van der Waals surface area (Å²) in [5.41, 5.74) is 2.11. The van der Waals surface area contributed by atoms with Gasteiger partial charge in [0, 0.05) is 19.6 Å². The molecule has 0 aliphatic carbocycles. The Hall–Kier alpha value is -1.74. The maximum Gasteiger partial charge on any atom is 0.266 e. The van der Waals surface area contributed by atoms with Gasteiger partial charge in [0.2, 0.25) is 5.91 Å². The number of nitrogens with zero attached hydrogens (tertiary/aromatic N) is 2. The summed E-state index contributed by atoms with van der Waals surface area (Å²) in [6.07, 6.45) is 2.69. The Balaban J connectivity index is 1.45. The van der Waals surface area contributed by atoms with Crippen LogP contribution in [0.1, 0.15) is 17.5 Å². The minimum Gasteiger partial charge on any atom is -0.379 e. The van der Waals surface area contributed by atoms with Gasteiger partial charge >= 0.3 is 0 Å². The van der Waals surface area contributed by atoms with Crippen molar-refractivity contribution in [1.29, 1.82) is 0 Å². The van der Waals surface area contributed by atoms with Crippen LogP contribution in [0.25, 0.3) is 6.08 Å². The van der Waals surface area contributed by atoms with Crippen LogP contribution in [0.15, 0.2) is 29.2 Å². The fraction of sp³-hybridized carbons (Fsp3) is 0.450. The third-order valence-electron chi connectivity index (χ3n) is 4.63. The van der Waals surface area contributed by atoms with Crippen molar-refractivity contribution < 1.29 is 14.3 Å². The van der Waals surface area contributed by atoms with Crippen molar-refractivity contribution in [2.75, 3.05) is 45.9 Å². The van der Waals surface area contributed by atoms with Crippen molar-refractivity contribution in [3.63, 3.8) is 0 Å². The first-order valence-corrected chi connectivity index (χ1v) is 10.6. The van der Waals surface area contributed by atoms with E-state index in [1.54, 1.807) is 0 Å². The van der Waals surface area contributed by atoms with Crippen molar-refractivity contribution in [3.05, 3.63) is 40.3 Å². The van der Waals surface area contributed by atoms with Gasteiger partial charge in [0.1, 0.15) is 10.9 Å². The summed E-state index contributed by atoms with van der Waals surface area (Å²) in [6, 6.07) is 7.92. The second-order valence-electron chi connectivity index (χ2n) is 6.84. The number of nitrogens with one attached hydrogen (secondary N) is 1. The van der Waals surface area contributed by atoms with E-state index in [1.165, 1.54) is 16.7 Å². The van der Waals surface area contributed by atoms with Crippen LogP contribution in [0.2, 0.25) is 0 Å². The fourth-order valence-electron chi connectivity index (χ4n) is 3.01. The Morgan fingerprint density at radius 2 is 2.00 bits per heavy atom. The summed E-state index contributed by atoms with van der Waals surface area (Å²) in [4.78, 5) is 29.1. The van der Waals surface area contributed by atoms with Crippen molar-refractivity contribution in [1.82, 2.24) is 15.1 Å². The molecule has 2 aliphatic rings. The highest BCUT2D eigenvalue weighted by atomic mass is 32.2.